The van der Waals surface area contributed by atoms with Crippen LogP contribution >= 0.6 is 11.6 Å². The summed E-state index contributed by atoms with van der Waals surface area (Å²) in [5.74, 6) is -0.426. The average molecular weight is 271 g/mol. The molecule has 1 aliphatic rings. The van der Waals surface area contributed by atoms with Gasteiger partial charge in [0, 0.05) is 25.2 Å². The van der Waals surface area contributed by atoms with Crippen molar-refractivity contribution in [2.75, 3.05) is 19.8 Å². The number of aromatic nitrogens is 1. The monoisotopic (exact) mass is 270 g/mol. The first kappa shape index (κ1) is 13.7. The van der Waals surface area contributed by atoms with Gasteiger partial charge in [-0.1, -0.05) is 17.7 Å². The smallest absolute Gasteiger partial charge is 0.166 e. The fraction of sp³-hybridized carbons (Fsp3) is 0.615. The van der Waals surface area contributed by atoms with Crippen molar-refractivity contribution in [1.29, 1.82) is 0 Å². The fourth-order valence-electron chi connectivity index (χ4n) is 1.98. The normalized spacial score (nSPS) is 19.9. The van der Waals surface area contributed by atoms with Crippen molar-refractivity contribution in [3.8, 4) is 0 Å². The Bertz CT molecular complexity index is 377. The molecule has 1 aromatic heterocycles. The van der Waals surface area contributed by atoms with Crippen molar-refractivity contribution < 1.29 is 9.47 Å². The molecule has 0 saturated carbocycles. The van der Waals surface area contributed by atoms with Crippen molar-refractivity contribution in [3.63, 3.8) is 0 Å². The van der Waals surface area contributed by atoms with Crippen molar-refractivity contribution in [3.05, 3.63) is 29.0 Å². The predicted octanol–water partition coefficient (Wildman–Crippen LogP) is 2.54. The highest BCUT2D eigenvalue weighted by Gasteiger charge is 2.30. The summed E-state index contributed by atoms with van der Waals surface area (Å²) in [5, 5.41) is 3.95. The molecule has 1 N–H and O–H groups in total. The molecule has 2 rings (SSSR count). The highest BCUT2D eigenvalue weighted by atomic mass is 35.5. The van der Waals surface area contributed by atoms with Crippen LogP contribution in [0.5, 0.6) is 0 Å². The quantitative estimate of drug-likeness (QED) is 0.835. The Kier molecular flexibility index (Phi) is 4.56. The van der Waals surface area contributed by atoms with E-state index in [-0.39, 0.29) is 6.04 Å². The van der Waals surface area contributed by atoms with E-state index in [9.17, 15) is 0 Å². The number of nitrogens with one attached hydrogen (secondary N) is 1. The van der Waals surface area contributed by atoms with Gasteiger partial charge in [0.2, 0.25) is 0 Å². The minimum Gasteiger partial charge on any atom is -0.348 e. The number of hydrogen-bond donors (Lipinski definition) is 1. The van der Waals surface area contributed by atoms with E-state index >= 15 is 0 Å². The van der Waals surface area contributed by atoms with E-state index in [2.05, 4.69) is 17.2 Å². The molecule has 5 heteroatoms. The highest BCUT2D eigenvalue weighted by Crippen LogP contribution is 2.22. The Morgan fingerprint density at radius 3 is 2.78 bits per heavy atom. The second kappa shape index (κ2) is 5.97. The summed E-state index contributed by atoms with van der Waals surface area (Å²) < 4.78 is 11.1. The lowest BCUT2D eigenvalue weighted by atomic mass is 10.1. The first-order valence-electron chi connectivity index (χ1n) is 6.22. The molecule has 100 valence electrons. The summed E-state index contributed by atoms with van der Waals surface area (Å²) in [5.41, 5.74) is 1.12. The molecule has 2 heterocycles. The minimum atomic E-state index is -0.426. The molecule has 1 aromatic rings. The molecule has 1 atom stereocenters. The van der Waals surface area contributed by atoms with E-state index in [0.717, 1.165) is 18.5 Å². The Hall–Kier alpha value is -0.680. The minimum absolute atomic E-state index is 0.236. The van der Waals surface area contributed by atoms with E-state index in [0.29, 0.717) is 18.4 Å². The van der Waals surface area contributed by atoms with Crippen LogP contribution in [-0.4, -0.2) is 30.5 Å². The second-order valence-electron chi connectivity index (χ2n) is 4.67. The maximum Gasteiger partial charge on any atom is 0.166 e. The van der Waals surface area contributed by atoms with Crippen LogP contribution in [0.15, 0.2) is 18.3 Å². The molecule has 0 radical (unpaired) electrons. The second-order valence-corrected chi connectivity index (χ2v) is 5.06. The molecule has 4 nitrogen and oxygen atoms in total. The van der Waals surface area contributed by atoms with Gasteiger partial charge in [-0.05, 0) is 25.5 Å². The summed E-state index contributed by atoms with van der Waals surface area (Å²) in [7, 11) is 0. The van der Waals surface area contributed by atoms with Crippen LogP contribution in [0, 0.1) is 0 Å². The summed E-state index contributed by atoms with van der Waals surface area (Å²) in [6.45, 7) is 6.29. The summed E-state index contributed by atoms with van der Waals surface area (Å²) in [6.07, 6.45) is 2.63. The van der Waals surface area contributed by atoms with Crippen LogP contribution in [0.4, 0.5) is 0 Å². The van der Waals surface area contributed by atoms with Crippen LogP contribution < -0.4 is 5.32 Å². The molecule has 1 aliphatic heterocycles. The Balaban J connectivity index is 1.77. The average Bonchev–Trinajstić information content (AvgIpc) is 2.77. The molecule has 1 fully saturated rings. The molecular formula is C13H19ClN2O2. The molecule has 0 spiro atoms. The third kappa shape index (κ3) is 3.65. The fourth-order valence-corrected chi connectivity index (χ4v) is 2.09. The van der Waals surface area contributed by atoms with Crippen LogP contribution in [0.1, 0.15) is 31.9 Å². The van der Waals surface area contributed by atoms with E-state index in [1.165, 1.54) is 0 Å². The molecule has 0 unspecified atom stereocenters. The molecule has 0 aliphatic carbocycles. The van der Waals surface area contributed by atoms with Crippen LogP contribution in [0.3, 0.4) is 0 Å². The topological polar surface area (TPSA) is 43.4 Å². The Morgan fingerprint density at radius 1 is 1.44 bits per heavy atom. The van der Waals surface area contributed by atoms with E-state index in [1.54, 1.807) is 12.3 Å². The third-order valence-electron chi connectivity index (χ3n) is 3.18. The maximum absolute atomic E-state index is 5.76. The summed E-state index contributed by atoms with van der Waals surface area (Å²) in [4.78, 5) is 4.08. The number of pyridine rings is 1. The molecule has 18 heavy (non-hydrogen) atoms. The highest BCUT2D eigenvalue weighted by molar-refractivity contribution is 6.29. The molecule has 1 saturated heterocycles. The third-order valence-corrected chi connectivity index (χ3v) is 3.40. The lowest BCUT2D eigenvalue weighted by Gasteiger charge is -2.23. The molecule has 0 amide bonds. The summed E-state index contributed by atoms with van der Waals surface area (Å²) >= 11 is 5.76. The van der Waals surface area contributed by atoms with Gasteiger partial charge in [0.25, 0.3) is 0 Å². The lowest BCUT2D eigenvalue weighted by molar-refractivity contribution is -0.145. The molecular weight excluding hydrogens is 252 g/mol. The van der Waals surface area contributed by atoms with Crippen LogP contribution in [-0.2, 0) is 9.47 Å². The largest absolute Gasteiger partial charge is 0.348 e. The SMILES string of the molecule is C[C@@H](NCCC1(C)OCCO1)c1ccc(Cl)nc1. The standard InChI is InChI=1S/C13H19ClN2O2/c1-10(11-3-4-12(14)16-9-11)15-6-5-13(2)17-7-8-18-13/h3-4,9-10,15H,5-8H2,1-2H3/t10-/m1/s1. The Morgan fingerprint density at radius 2 is 2.17 bits per heavy atom. The van der Waals surface area contributed by atoms with Crippen molar-refractivity contribution in [2.45, 2.75) is 32.1 Å². The maximum atomic E-state index is 5.76. The first-order valence-corrected chi connectivity index (χ1v) is 6.60. The molecule has 0 aromatic carbocycles. The van der Waals surface area contributed by atoms with E-state index in [4.69, 9.17) is 21.1 Å². The van der Waals surface area contributed by atoms with Gasteiger partial charge in [-0.15, -0.1) is 0 Å². The number of halogens is 1. The van der Waals surface area contributed by atoms with Crippen molar-refractivity contribution >= 4 is 11.6 Å². The number of hydrogen-bond acceptors (Lipinski definition) is 4. The molecule has 0 bridgehead atoms. The summed E-state index contributed by atoms with van der Waals surface area (Å²) in [6, 6.07) is 4.02. The van der Waals surface area contributed by atoms with Crippen molar-refractivity contribution in [2.24, 2.45) is 0 Å². The zero-order valence-corrected chi connectivity index (χ0v) is 11.5. The van der Waals surface area contributed by atoms with E-state index in [1.807, 2.05) is 13.0 Å². The zero-order valence-electron chi connectivity index (χ0n) is 10.8. The van der Waals surface area contributed by atoms with Crippen LogP contribution in [0.25, 0.3) is 0 Å². The van der Waals surface area contributed by atoms with Gasteiger partial charge in [0.15, 0.2) is 5.79 Å². The van der Waals surface area contributed by atoms with Crippen molar-refractivity contribution in [1.82, 2.24) is 10.3 Å². The first-order chi connectivity index (χ1) is 8.59. The number of rotatable bonds is 5. The predicted molar refractivity (Wildman–Crippen MR) is 70.6 cm³/mol. The van der Waals surface area contributed by atoms with Gasteiger partial charge in [-0.2, -0.15) is 0 Å². The van der Waals surface area contributed by atoms with Gasteiger partial charge in [-0.3, -0.25) is 0 Å². The van der Waals surface area contributed by atoms with Gasteiger partial charge in [-0.25, -0.2) is 4.98 Å². The van der Waals surface area contributed by atoms with Gasteiger partial charge in [0.05, 0.1) is 13.2 Å². The Labute approximate surface area is 113 Å². The van der Waals surface area contributed by atoms with Gasteiger partial charge in [0.1, 0.15) is 5.15 Å². The number of nitrogens with zero attached hydrogens (tertiary/aromatic N) is 1. The van der Waals surface area contributed by atoms with Gasteiger partial charge < -0.3 is 14.8 Å². The van der Waals surface area contributed by atoms with E-state index < -0.39 is 5.79 Å². The number of ether oxygens (including phenoxy) is 2. The zero-order chi connectivity index (χ0) is 13.0. The van der Waals surface area contributed by atoms with Gasteiger partial charge >= 0.3 is 0 Å². The lowest BCUT2D eigenvalue weighted by Crippen LogP contribution is -2.32. The van der Waals surface area contributed by atoms with Crippen LogP contribution in [0.2, 0.25) is 5.15 Å².